The molecule has 0 saturated heterocycles. The lowest BCUT2D eigenvalue weighted by molar-refractivity contribution is -0.123. The van der Waals surface area contributed by atoms with Gasteiger partial charge in [0, 0.05) is 42.6 Å². The van der Waals surface area contributed by atoms with Gasteiger partial charge in [-0.15, -0.1) is 0 Å². The van der Waals surface area contributed by atoms with Crippen LogP contribution in [0.3, 0.4) is 0 Å². The van der Waals surface area contributed by atoms with Gasteiger partial charge < -0.3 is 14.8 Å². The van der Waals surface area contributed by atoms with Crippen molar-refractivity contribution >= 4 is 16.7 Å². The summed E-state index contributed by atoms with van der Waals surface area (Å²) >= 11 is 0. The van der Waals surface area contributed by atoms with Gasteiger partial charge in [0.25, 0.3) is 11.5 Å². The predicted molar refractivity (Wildman–Crippen MR) is 122 cm³/mol. The van der Waals surface area contributed by atoms with Gasteiger partial charge in [0.15, 0.2) is 6.61 Å². The van der Waals surface area contributed by atoms with E-state index >= 15 is 0 Å². The Morgan fingerprint density at radius 2 is 2.06 bits per heavy atom. The van der Waals surface area contributed by atoms with Crippen molar-refractivity contribution in [2.24, 2.45) is 0 Å². The van der Waals surface area contributed by atoms with Gasteiger partial charge in [-0.25, -0.2) is 4.39 Å². The second-order valence-corrected chi connectivity index (χ2v) is 7.94. The molecule has 1 aliphatic rings. The van der Waals surface area contributed by atoms with Gasteiger partial charge in [0.05, 0.1) is 0 Å². The summed E-state index contributed by atoms with van der Waals surface area (Å²) in [5.74, 6) is -0.343. The van der Waals surface area contributed by atoms with Crippen molar-refractivity contribution in [2.75, 3.05) is 26.9 Å². The number of carbonyl (C=O) groups excluding carboxylic acids is 1. The first-order valence-electron chi connectivity index (χ1n) is 10.8. The molecule has 8 heteroatoms. The average molecular weight is 449 g/mol. The molecule has 0 radical (unpaired) electrons. The smallest absolute Gasteiger partial charge is 0.259 e. The van der Waals surface area contributed by atoms with Crippen LogP contribution in [0.15, 0.2) is 47.3 Å². The number of hydrogen-bond donors (Lipinski definition) is 1. The van der Waals surface area contributed by atoms with E-state index in [1.807, 2.05) is 0 Å². The van der Waals surface area contributed by atoms with Crippen LogP contribution in [0.25, 0.3) is 21.9 Å². The zero-order valence-corrected chi connectivity index (χ0v) is 18.3. The fraction of sp³-hybridized carbons (Fsp3) is 0.320. The molecule has 1 fully saturated rings. The molecule has 4 rings (SSSR count). The number of halogens is 1. The van der Waals surface area contributed by atoms with Crippen LogP contribution in [-0.2, 0) is 9.53 Å². The molecule has 1 amide bonds. The minimum absolute atomic E-state index is 0.0263. The van der Waals surface area contributed by atoms with Crippen molar-refractivity contribution in [1.82, 2.24) is 9.88 Å². The Morgan fingerprint density at radius 3 is 2.76 bits per heavy atom. The molecular weight excluding hydrogens is 425 g/mol. The number of nitriles is 1. The Hall–Kier alpha value is -3.70. The van der Waals surface area contributed by atoms with Crippen LogP contribution in [0.1, 0.15) is 31.0 Å². The van der Waals surface area contributed by atoms with E-state index in [0.717, 1.165) is 12.8 Å². The Kier molecular flexibility index (Phi) is 6.71. The summed E-state index contributed by atoms with van der Waals surface area (Å²) in [5.41, 5.74) is 0.923. The molecule has 170 valence electrons. The van der Waals surface area contributed by atoms with E-state index in [2.05, 4.69) is 11.4 Å². The highest BCUT2D eigenvalue weighted by Gasteiger charge is 2.30. The number of amides is 1. The highest BCUT2D eigenvalue weighted by Crippen LogP contribution is 2.39. The topological polar surface area (TPSA) is 93.3 Å². The summed E-state index contributed by atoms with van der Waals surface area (Å²) in [6, 6.07) is 13.0. The van der Waals surface area contributed by atoms with E-state index in [-0.39, 0.29) is 29.8 Å². The third-order valence-electron chi connectivity index (χ3n) is 5.54. The van der Waals surface area contributed by atoms with Crippen molar-refractivity contribution in [3.05, 3.63) is 64.3 Å². The zero-order valence-electron chi connectivity index (χ0n) is 18.3. The standard InChI is InChI=1S/C25H24FN3O4/c1-32-11-3-10-28-23(30)15-33-19-8-9-20-21(13-19)24(16-4-2-5-17(26)12-16)22(14-27)29(25(20)31)18-6-7-18/h2,4-5,8-9,12-13,18H,3,6-7,10-11,15H2,1H3,(H,28,30). The normalized spacial score (nSPS) is 13.0. The Balaban J connectivity index is 1.73. The third kappa shape index (κ3) is 4.89. The van der Waals surface area contributed by atoms with E-state index in [1.165, 1.54) is 16.7 Å². The molecule has 1 saturated carbocycles. The molecule has 0 unspecified atom stereocenters. The molecule has 0 aliphatic heterocycles. The summed E-state index contributed by atoms with van der Waals surface area (Å²) in [5, 5.41) is 13.6. The second-order valence-electron chi connectivity index (χ2n) is 7.94. The maximum Gasteiger partial charge on any atom is 0.259 e. The maximum atomic E-state index is 14.0. The van der Waals surface area contributed by atoms with Crippen molar-refractivity contribution in [3.63, 3.8) is 0 Å². The molecule has 1 aromatic heterocycles. The highest BCUT2D eigenvalue weighted by molar-refractivity contribution is 5.99. The number of carbonyl (C=O) groups is 1. The molecule has 3 aromatic rings. The fourth-order valence-corrected chi connectivity index (χ4v) is 3.86. The van der Waals surface area contributed by atoms with E-state index in [4.69, 9.17) is 9.47 Å². The van der Waals surface area contributed by atoms with Crippen molar-refractivity contribution < 1.29 is 18.7 Å². The van der Waals surface area contributed by atoms with E-state index in [0.29, 0.717) is 47.2 Å². The SMILES string of the molecule is COCCCNC(=O)COc1ccc2c(=O)n(C3CC3)c(C#N)c(-c3cccc(F)c3)c2c1. The number of ether oxygens (including phenoxy) is 2. The monoisotopic (exact) mass is 449 g/mol. The van der Waals surface area contributed by atoms with E-state index < -0.39 is 5.82 Å². The lowest BCUT2D eigenvalue weighted by Crippen LogP contribution is -2.30. The number of rotatable bonds is 9. The van der Waals surface area contributed by atoms with Gasteiger partial charge in [-0.05, 0) is 55.2 Å². The van der Waals surface area contributed by atoms with E-state index in [9.17, 15) is 19.2 Å². The minimum atomic E-state index is -0.439. The summed E-state index contributed by atoms with van der Waals surface area (Å²) in [7, 11) is 1.60. The average Bonchev–Trinajstić information content (AvgIpc) is 3.65. The molecule has 0 atom stereocenters. The van der Waals surface area contributed by atoms with Crippen molar-refractivity contribution in [1.29, 1.82) is 5.26 Å². The molecule has 33 heavy (non-hydrogen) atoms. The quantitative estimate of drug-likeness (QED) is 0.505. The molecule has 1 aliphatic carbocycles. The molecule has 2 aromatic carbocycles. The van der Waals surface area contributed by atoms with Crippen LogP contribution < -0.4 is 15.6 Å². The van der Waals surface area contributed by atoms with Crippen LogP contribution in [0.4, 0.5) is 4.39 Å². The number of aromatic nitrogens is 1. The fourth-order valence-electron chi connectivity index (χ4n) is 3.86. The molecule has 0 spiro atoms. The third-order valence-corrected chi connectivity index (χ3v) is 5.54. The first-order valence-corrected chi connectivity index (χ1v) is 10.8. The van der Waals surface area contributed by atoms with Gasteiger partial charge in [0.2, 0.25) is 0 Å². The molecular formula is C25H24FN3O4. The van der Waals surface area contributed by atoms with Gasteiger partial charge in [0.1, 0.15) is 23.3 Å². The summed E-state index contributed by atoms with van der Waals surface area (Å²) in [6.45, 7) is 0.829. The Labute approximate surface area is 190 Å². The van der Waals surface area contributed by atoms with Crippen LogP contribution in [0.2, 0.25) is 0 Å². The number of nitrogens with zero attached hydrogens (tertiary/aromatic N) is 2. The largest absolute Gasteiger partial charge is 0.484 e. The lowest BCUT2D eigenvalue weighted by atomic mass is 9.96. The second kappa shape index (κ2) is 9.84. The predicted octanol–water partition coefficient (Wildman–Crippen LogP) is 3.55. The maximum absolute atomic E-state index is 14.0. The summed E-state index contributed by atoms with van der Waals surface area (Å²) in [6.07, 6.45) is 2.34. The van der Waals surface area contributed by atoms with Gasteiger partial charge in [-0.1, -0.05) is 12.1 Å². The zero-order chi connectivity index (χ0) is 23.4. The van der Waals surface area contributed by atoms with Crippen LogP contribution in [0.5, 0.6) is 5.75 Å². The lowest BCUT2D eigenvalue weighted by Gasteiger charge is -2.16. The van der Waals surface area contributed by atoms with Gasteiger partial charge >= 0.3 is 0 Å². The number of nitrogens with one attached hydrogen (secondary N) is 1. The van der Waals surface area contributed by atoms with Crippen LogP contribution >= 0.6 is 0 Å². The van der Waals surface area contributed by atoms with Gasteiger partial charge in [-0.2, -0.15) is 5.26 Å². The number of benzene rings is 2. The van der Waals surface area contributed by atoms with Crippen molar-refractivity contribution in [3.8, 4) is 22.9 Å². The number of pyridine rings is 1. The van der Waals surface area contributed by atoms with Crippen molar-refractivity contribution in [2.45, 2.75) is 25.3 Å². The first kappa shape index (κ1) is 22.5. The number of methoxy groups -OCH3 is 1. The Bertz CT molecular complexity index is 1290. The minimum Gasteiger partial charge on any atom is -0.484 e. The van der Waals surface area contributed by atoms with Crippen LogP contribution in [0, 0.1) is 17.1 Å². The molecule has 1 heterocycles. The number of hydrogen-bond acceptors (Lipinski definition) is 5. The number of fused-ring (bicyclic) bond motifs is 1. The molecule has 7 nitrogen and oxygen atoms in total. The van der Waals surface area contributed by atoms with E-state index in [1.54, 1.807) is 37.4 Å². The molecule has 0 bridgehead atoms. The summed E-state index contributed by atoms with van der Waals surface area (Å²) in [4.78, 5) is 25.2. The Morgan fingerprint density at radius 1 is 1.24 bits per heavy atom. The van der Waals surface area contributed by atoms with Gasteiger partial charge in [-0.3, -0.25) is 14.2 Å². The highest BCUT2D eigenvalue weighted by atomic mass is 19.1. The molecule has 1 N–H and O–H groups in total. The first-order chi connectivity index (χ1) is 16.0. The van der Waals surface area contributed by atoms with Crippen LogP contribution in [-0.4, -0.2) is 37.3 Å². The summed E-state index contributed by atoms with van der Waals surface area (Å²) < 4.78 is 26.2.